The fourth-order valence-electron chi connectivity index (χ4n) is 2.38. The molecule has 0 aliphatic carbocycles. The van der Waals surface area contributed by atoms with Gasteiger partial charge < -0.3 is 15.8 Å². The number of morpholine rings is 1. The van der Waals surface area contributed by atoms with Crippen molar-refractivity contribution in [3.05, 3.63) is 23.8 Å². The normalized spacial score (nSPS) is 19.8. The lowest BCUT2D eigenvalue weighted by molar-refractivity contribution is -0.117. The van der Waals surface area contributed by atoms with Crippen LogP contribution in [0.5, 0.6) is 0 Å². The molecule has 1 atom stereocenters. The van der Waals surface area contributed by atoms with E-state index in [0.717, 1.165) is 37.6 Å². The highest BCUT2D eigenvalue weighted by Crippen LogP contribution is 2.18. The first-order valence-corrected chi connectivity index (χ1v) is 7.04. The molecule has 1 amide bonds. The van der Waals surface area contributed by atoms with Gasteiger partial charge in [0.15, 0.2) is 0 Å². The lowest BCUT2D eigenvalue weighted by Gasteiger charge is -2.32. The predicted molar refractivity (Wildman–Crippen MR) is 80.7 cm³/mol. The van der Waals surface area contributed by atoms with Crippen molar-refractivity contribution < 1.29 is 9.53 Å². The zero-order valence-electron chi connectivity index (χ0n) is 12.2. The van der Waals surface area contributed by atoms with Crippen molar-refractivity contribution in [3.8, 4) is 0 Å². The Morgan fingerprint density at radius 3 is 3.05 bits per heavy atom. The standard InChI is InChI=1S/C15H23N3O2/c1-11-9-13(16)3-4-14(11)17-15(19)5-6-18-7-8-20-10-12(18)2/h3-4,9,12H,5-8,10,16H2,1-2H3,(H,17,19). The first-order valence-electron chi connectivity index (χ1n) is 7.04. The van der Waals surface area contributed by atoms with Crippen LogP contribution in [0.2, 0.25) is 0 Å². The average molecular weight is 277 g/mol. The molecule has 1 saturated heterocycles. The van der Waals surface area contributed by atoms with Crippen molar-refractivity contribution in [2.75, 3.05) is 37.4 Å². The Bertz CT molecular complexity index is 476. The highest BCUT2D eigenvalue weighted by molar-refractivity contribution is 5.91. The number of rotatable bonds is 4. The number of benzene rings is 1. The van der Waals surface area contributed by atoms with Gasteiger partial charge in [0.2, 0.25) is 5.91 Å². The number of nitrogen functional groups attached to an aromatic ring is 1. The van der Waals surface area contributed by atoms with Crippen LogP contribution in [-0.4, -0.2) is 43.2 Å². The van der Waals surface area contributed by atoms with E-state index in [4.69, 9.17) is 10.5 Å². The number of amides is 1. The lowest BCUT2D eigenvalue weighted by Crippen LogP contribution is -2.44. The fourth-order valence-corrected chi connectivity index (χ4v) is 2.38. The third kappa shape index (κ3) is 3.95. The Balaban J connectivity index is 1.83. The van der Waals surface area contributed by atoms with E-state index in [1.165, 1.54) is 0 Å². The highest BCUT2D eigenvalue weighted by atomic mass is 16.5. The van der Waals surface area contributed by atoms with E-state index >= 15 is 0 Å². The van der Waals surface area contributed by atoms with Crippen LogP contribution in [0.4, 0.5) is 11.4 Å². The molecule has 1 aliphatic heterocycles. The minimum atomic E-state index is 0.0385. The van der Waals surface area contributed by atoms with Crippen molar-refractivity contribution in [1.82, 2.24) is 4.90 Å². The smallest absolute Gasteiger partial charge is 0.225 e. The highest BCUT2D eigenvalue weighted by Gasteiger charge is 2.19. The molecule has 0 spiro atoms. The van der Waals surface area contributed by atoms with Crippen LogP contribution >= 0.6 is 0 Å². The Hall–Kier alpha value is -1.59. The first kappa shape index (κ1) is 14.8. The van der Waals surface area contributed by atoms with E-state index < -0.39 is 0 Å². The minimum Gasteiger partial charge on any atom is -0.399 e. The van der Waals surface area contributed by atoms with E-state index in [9.17, 15) is 4.79 Å². The van der Waals surface area contributed by atoms with E-state index in [1.54, 1.807) is 6.07 Å². The number of nitrogens with one attached hydrogen (secondary N) is 1. The molecular weight excluding hydrogens is 254 g/mol. The zero-order chi connectivity index (χ0) is 14.5. The summed E-state index contributed by atoms with van der Waals surface area (Å²) < 4.78 is 5.39. The SMILES string of the molecule is Cc1cc(N)ccc1NC(=O)CCN1CCOCC1C. The molecule has 110 valence electrons. The van der Waals surface area contributed by atoms with Gasteiger partial charge in [0.25, 0.3) is 0 Å². The molecule has 0 saturated carbocycles. The number of nitrogens with zero attached hydrogens (tertiary/aromatic N) is 1. The summed E-state index contributed by atoms with van der Waals surface area (Å²) in [6.45, 7) is 7.23. The van der Waals surface area contributed by atoms with Gasteiger partial charge in [0.05, 0.1) is 13.2 Å². The molecule has 1 unspecified atom stereocenters. The summed E-state index contributed by atoms with van der Waals surface area (Å²) in [6, 6.07) is 5.89. The van der Waals surface area contributed by atoms with Crippen LogP contribution in [-0.2, 0) is 9.53 Å². The van der Waals surface area contributed by atoms with Gasteiger partial charge in [-0.25, -0.2) is 0 Å². The van der Waals surface area contributed by atoms with Gasteiger partial charge >= 0.3 is 0 Å². The number of nitrogens with two attached hydrogens (primary N) is 1. The van der Waals surface area contributed by atoms with E-state index in [1.807, 2.05) is 19.1 Å². The zero-order valence-corrected chi connectivity index (χ0v) is 12.2. The van der Waals surface area contributed by atoms with Gasteiger partial charge in [-0.2, -0.15) is 0 Å². The Labute approximate surface area is 120 Å². The molecule has 3 N–H and O–H groups in total. The second-order valence-electron chi connectivity index (χ2n) is 5.33. The van der Waals surface area contributed by atoms with E-state index in [2.05, 4.69) is 17.1 Å². The van der Waals surface area contributed by atoms with Crippen molar-refractivity contribution in [3.63, 3.8) is 0 Å². The molecule has 20 heavy (non-hydrogen) atoms. The van der Waals surface area contributed by atoms with Crippen LogP contribution in [0, 0.1) is 6.92 Å². The maximum absolute atomic E-state index is 12.0. The molecule has 1 aliphatic rings. The van der Waals surface area contributed by atoms with Crippen LogP contribution in [0.3, 0.4) is 0 Å². The molecule has 1 heterocycles. The number of carbonyl (C=O) groups is 1. The molecule has 5 nitrogen and oxygen atoms in total. The number of hydrogen-bond donors (Lipinski definition) is 2. The van der Waals surface area contributed by atoms with E-state index in [0.29, 0.717) is 18.2 Å². The lowest BCUT2D eigenvalue weighted by atomic mass is 10.1. The Morgan fingerprint density at radius 1 is 1.55 bits per heavy atom. The quantitative estimate of drug-likeness (QED) is 0.821. The third-order valence-electron chi connectivity index (χ3n) is 3.66. The number of aryl methyl sites for hydroxylation is 1. The second-order valence-corrected chi connectivity index (χ2v) is 5.33. The summed E-state index contributed by atoms with van der Waals surface area (Å²) in [7, 11) is 0. The van der Waals surface area contributed by atoms with Crippen molar-refractivity contribution >= 4 is 17.3 Å². The predicted octanol–water partition coefficient (Wildman–Crippen LogP) is 1.63. The summed E-state index contributed by atoms with van der Waals surface area (Å²) in [5, 5.41) is 2.94. The number of hydrogen-bond acceptors (Lipinski definition) is 4. The van der Waals surface area contributed by atoms with Crippen molar-refractivity contribution in [2.24, 2.45) is 0 Å². The number of anilines is 2. The van der Waals surface area contributed by atoms with Crippen LogP contribution in [0.1, 0.15) is 18.9 Å². The second kappa shape index (κ2) is 6.72. The molecule has 5 heteroatoms. The molecule has 1 aromatic carbocycles. The topological polar surface area (TPSA) is 67.6 Å². The van der Waals surface area contributed by atoms with Crippen molar-refractivity contribution in [2.45, 2.75) is 26.3 Å². The van der Waals surface area contributed by atoms with Gasteiger partial charge in [0, 0.05) is 36.9 Å². The molecular formula is C15H23N3O2. The largest absolute Gasteiger partial charge is 0.399 e. The van der Waals surface area contributed by atoms with Gasteiger partial charge in [-0.3, -0.25) is 9.69 Å². The van der Waals surface area contributed by atoms with Crippen molar-refractivity contribution in [1.29, 1.82) is 0 Å². The average Bonchev–Trinajstić information content (AvgIpc) is 2.41. The summed E-state index contributed by atoms with van der Waals surface area (Å²) in [5.74, 6) is 0.0385. The molecule has 0 bridgehead atoms. The van der Waals surface area contributed by atoms with E-state index in [-0.39, 0.29) is 5.91 Å². The molecule has 0 aromatic heterocycles. The van der Waals surface area contributed by atoms with Crippen LogP contribution in [0.15, 0.2) is 18.2 Å². The van der Waals surface area contributed by atoms with Gasteiger partial charge in [-0.05, 0) is 37.6 Å². The minimum absolute atomic E-state index is 0.0385. The summed E-state index contributed by atoms with van der Waals surface area (Å²) >= 11 is 0. The van der Waals surface area contributed by atoms with Gasteiger partial charge in [-0.1, -0.05) is 0 Å². The van der Waals surface area contributed by atoms with Crippen LogP contribution < -0.4 is 11.1 Å². The van der Waals surface area contributed by atoms with Gasteiger partial charge in [-0.15, -0.1) is 0 Å². The number of ether oxygens (including phenoxy) is 1. The van der Waals surface area contributed by atoms with Crippen LogP contribution in [0.25, 0.3) is 0 Å². The number of carbonyl (C=O) groups excluding carboxylic acids is 1. The maximum Gasteiger partial charge on any atom is 0.225 e. The molecule has 2 rings (SSSR count). The molecule has 1 aromatic rings. The Morgan fingerprint density at radius 2 is 2.35 bits per heavy atom. The Kier molecular flexibility index (Phi) is 4.98. The third-order valence-corrected chi connectivity index (χ3v) is 3.66. The summed E-state index contributed by atoms with van der Waals surface area (Å²) in [4.78, 5) is 14.3. The van der Waals surface area contributed by atoms with Gasteiger partial charge in [0.1, 0.15) is 0 Å². The monoisotopic (exact) mass is 277 g/mol. The fraction of sp³-hybridized carbons (Fsp3) is 0.533. The summed E-state index contributed by atoms with van der Waals surface area (Å²) in [6.07, 6.45) is 0.494. The first-order chi connectivity index (χ1) is 9.56. The summed E-state index contributed by atoms with van der Waals surface area (Å²) in [5.41, 5.74) is 8.23. The maximum atomic E-state index is 12.0. The molecule has 1 fully saturated rings. The molecule has 0 radical (unpaired) electrons.